The van der Waals surface area contributed by atoms with E-state index >= 15 is 0 Å². The molecule has 0 aliphatic carbocycles. The Kier molecular flexibility index (Phi) is 7.44. The molecule has 0 aromatic carbocycles. The number of ether oxygens (including phenoxy) is 1. The molecule has 53 valence electrons. The van der Waals surface area contributed by atoms with Crippen molar-refractivity contribution in [2.45, 2.75) is 19.8 Å². The third-order valence-electron chi connectivity index (χ3n) is 1.02. The molecule has 0 N–H and O–H groups in total. The zero-order valence-electron chi connectivity index (χ0n) is 6.26. The maximum atomic E-state index is 4.82. The topological polar surface area (TPSA) is 9.23 Å². The average Bonchev–Trinajstić information content (AvgIpc) is 1.89. The van der Waals surface area contributed by atoms with E-state index in [0.29, 0.717) is 0 Å². The van der Waals surface area contributed by atoms with E-state index in [1.54, 1.807) is 7.11 Å². The Morgan fingerprint density at radius 3 is 2.67 bits per heavy atom. The Bertz CT molecular complexity index is 67.0. The maximum Gasteiger partial charge on any atom is 0.0643 e. The number of hydrogen-bond acceptors (Lipinski definition) is 1. The van der Waals surface area contributed by atoms with Crippen LogP contribution in [0.25, 0.3) is 0 Å². The highest BCUT2D eigenvalue weighted by Crippen LogP contribution is 1.92. The highest BCUT2D eigenvalue weighted by molar-refractivity contribution is 4.86. The van der Waals surface area contributed by atoms with Crippen LogP contribution >= 0.6 is 0 Å². The first-order valence-corrected chi connectivity index (χ1v) is 3.37. The first kappa shape index (κ1) is 8.70. The zero-order chi connectivity index (χ0) is 6.95. The summed E-state index contributed by atoms with van der Waals surface area (Å²) in [5.41, 5.74) is 0. The van der Waals surface area contributed by atoms with Gasteiger partial charge in [-0.1, -0.05) is 25.5 Å². The molecule has 0 heterocycles. The summed E-state index contributed by atoms with van der Waals surface area (Å²) in [6, 6.07) is 0. The predicted octanol–water partition coefficient (Wildman–Crippen LogP) is 2.19. The van der Waals surface area contributed by atoms with E-state index in [2.05, 4.69) is 19.4 Å². The van der Waals surface area contributed by atoms with Gasteiger partial charge in [0.2, 0.25) is 0 Å². The number of allylic oxidation sites excluding steroid dienone is 1. The van der Waals surface area contributed by atoms with Crippen molar-refractivity contribution in [3.05, 3.63) is 18.6 Å². The molecule has 0 aliphatic rings. The van der Waals surface area contributed by atoms with Crippen molar-refractivity contribution in [2.75, 3.05) is 13.7 Å². The van der Waals surface area contributed by atoms with E-state index in [1.807, 2.05) is 6.08 Å². The van der Waals surface area contributed by atoms with E-state index in [0.717, 1.165) is 19.4 Å². The fraction of sp³-hybridized carbons (Fsp3) is 0.625. The molecule has 1 heteroatoms. The van der Waals surface area contributed by atoms with Crippen molar-refractivity contribution in [2.24, 2.45) is 0 Å². The van der Waals surface area contributed by atoms with Crippen LogP contribution in [0.5, 0.6) is 0 Å². The lowest BCUT2D eigenvalue weighted by Gasteiger charge is -1.88. The van der Waals surface area contributed by atoms with E-state index in [-0.39, 0.29) is 0 Å². The molecule has 1 radical (unpaired) electrons. The molecule has 9 heavy (non-hydrogen) atoms. The normalized spacial score (nSPS) is 10.9. The molecule has 0 bridgehead atoms. The molecule has 0 amide bonds. The molecule has 0 atom stereocenters. The van der Waals surface area contributed by atoms with Crippen LogP contribution in [0, 0.1) is 6.42 Å². The van der Waals surface area contributed by atoms with Crippen molar-refractivity contribution in [1.82, 2.24) is 0 Å². The van der Waals surface area contributed by atoms with Crippen molar-refractivity contribution in [1.29, 1.82) is 0 Å². The Balaban J connectivity index is 2.86. The van der Waals surface area contributed by atoms with Gasteiger partial charge in [-0.3, -0.25) is 0 Å². The van der Waals surface area contributed by atoms with Gasteiger partial charge in [0, 0.05) is 7.11 Å². The van der Waals surface area contributed by atoms with Gasteiger partial charge in [0.1, 0.15) is 0 Å². The van der Waals surface area contributed by atoms with Gasteiger partial charge in [-0.2, -0.15) is 0 Å². The van der Waals surface area contributed by atoms with Crippen molar-refractivity contribution in [3.63, 3.8) is 0 Å². The molecule has 0 unspecified atom stereocenters. The Morgan fingerprint density at radius 2 is 2.11 bits per heavy atom. The molecule has 0 saturated heterocycles. The average molecular weight is 127 g/mol. The fourth-order valence-corrected chi connectivity index (χ4v) is 0.523. The number of methoxy groups -OCH3 is 1. The summed E-state index contributed by atoms with van der Waals surface area (Å²) in [5.74, 6) is 0. The number of hydrogen-bond donors (Lipinski definition) is 0. The minimum absolute atomic E-state index is 0.734. The summed E-state index contributed by atoms with van der Waals surface area (Å²) in [6.07, 6.45) is 8.60. The molecular weight excluding hydrogens is 112 g/mol. The highest BCUT2D eigenvalue weighted by Gasteiger charge is 1.76. The van der Waals surface area contributed by atoms with Crippen LogP contribution in [0.4, 0.5) is 0 Å². The van der Waals surface area contributed by atoms with Gasteiger partial charge in [0.15, 0.2) is 0 Å². The summed E-state index contributed by atoms with van der Waals surface area (Å²) >= 11 is 0. The molecule has 0 aromatic rings. The van der Waals surface area contributed by atoms with Crippen LogP contribution in [0.3, 0.4) is 0 Å². The van der Waals surface area contributed by atoms with Gasteiger partial charge >= 0.3 is 0 Å². The van der Waals surface area contributed by atoms with Gasteiger partial charge in [0.05, 0.1) is 6.61 Å². The first-order chi connectivity index (χ1) is 4.41. The SMILES string of the molecule is CC[CH]C/C=C/COC. The Morgan fingerprint density at radius 1 is 1.33 bits per heavy atom. The van der Waals surface area contributed by atoms with Gasteiger partial charge < -0.3 is 4.74 Å². The maximum absolute atomic E-state index is 4.82. The predicted molar refractivity (Wildman–Crippen MR) is 40.2 cm³/mol. The Hall–Kier alpha value is -0.300. The molecule has 0 aliphatic heterocycles. The summed E-state index contributed by atoms with van der Waals surface area (Å²) < 4.78 is 4.82. The first-order valence-electron chi connectivity index (χ1n) is 3.37. The largest absolute Gasteiger partial charge is 0.381 e. The van der Waals surface area contributed by atoms with Crippen molar-refractivity contribution >= 4 is 0 Å². The van der Waals surface area contributed by atoms with Gasteiger partial charge in [-0.25, -0.2) is 0 Å². The van der Waals surface area contributed by atoms with Crippen LogP contribution in [0.1, 0.15) is 19.8 Å². The van der Waals surface area contributed by atoms with Crippen LogP contribution in [0.15, 0.2) is 12.2 Å². The molecule has 1 nitrogen and oxygen atoms in total. The lowest BCUT2D eigenvalue weighted by atomic mass is 10.2. The van der Waals surface area contributed by atoms with E-state index in [9.17, 15) is 0 Å². The zero-order valence-corrected chi connectivity index (χ0v) is 6.26. The molecule has 0 spiro atoms. The van der Waals surface area contributed by atoms with Crippen LogP contribution < -0.4 is 0 Å². The van der Waals surface area contributed by atoms with Gasteiger partial charge in [-0.15, -0.1) is 0 Å². The minimum Gasteiger partial charge on any atom is -0.381 e. The van der Waals surface area contributed by atoms with E-state index in [1.165, 1.54) is 0 Å². The second kappa shape index (κ2) is 7.70. The van der Waals surface area contributed by atoms with Crippen LogP contribution in [0.2, 0.25) is 0 Å². The second-order valence-corrected chi connectivity index (χ2v) is 1.86. The standard InChI is InChI=1S/C8H15O/c1-3-4-5-6-7-8-9-2/h4,6-7H,3,5,8H2,1-2H3/b7-6+. The molecule has 0 rings (SSSR count). The fourth-order valence-electron chi connectivity index (χ4n) is 0.523. The molecule has 0 fully saturated rings. The quantitative estimate of drug-likeness (QED) is 0.406. The van der Waals surface area contributed by atoms with Gasteiger partial charge in [0.25, 0.3) is 0 Å². The van der Waals surface area contributed by atoms with E-state index < -0.39 is 0 Å². The minimum atomic E-state index is 0.734. The monoisotopic (exact) mass is 127 g/mol. The summed E-state index contributed by atoms with van der Waals surface area (Å²) in [6.45, 7) is 2.88. The summed E-state index contributed by atoms with van der Waals surface area (Å²) in [4.78, 5) is 0. The summed E-state index contributed by atoms with van der Waals surface area (Å²) in [7, 11) is 1.70. The van der Waals surface area contributed by atoms with Crippen LogP contribution in [-0.2, 0) is 4.74 Å². The lowest BCUT2D eigenvalue weighted by Crippen LogP contribution is -1.79. The Labute approximate surface area is 57.7 Å². The smallest absolute Gasteiger partial charge is 0.0643 e. The number of rotatable bonds is 5. The third kappa shape index (κ3) is 7.70. The van der Waals surface area contributed by atoms with Crippen molar-refractivity contribution < 1.29 is 4.74 Å². The van der Waals surface area contributed by atoms with Crippen molar-refractivity contribution in [3.8, 4) is 0 Å². The second-order valence-electron chi connectivity index (χ2n) is 1.86. The lowest BCUT2D eigenvalue weighted by molar-refractivity contribution is 0.233. The molecule has 0 saturated carbocycles. The van der Waals surface area contributed by atoms with E-state index in [4.69, 9.17) is 4.74 Å². The van der Waals surface area contributed by atoms with Gasteiger partial charge in [-0.05, 0) is 12.8 Å². The van der Waals surface area contributed by atoms with Crippen LogP contribution in [-0.4, -0.2) is 13.7 Å². The third-order valence-corrected chi connectivity index (χ3v) is 1.02. The molecular formula is C8H15O. The number of unbranched alkanes of at least 4 members (excludes halogenated alkanes) is 2. The molecule has 0 aromatic heterocycles. The highest BCUT2D eigenvalue weighted by atomic mass is 16.5. The summed E-state index contributed by atoms with van der Waals surface area (Å²) in [5, 5.41) is 0.